The highest BCUT2D eigenvalue weighted by molar-refractivity contribution is 7.10. The first-order chi connectivity index (χ1) is 25.9. The molecule has 1 aliphatic rings. The zero-order valence-corrected chi connectivity index (χ0v) is 30.5. The molecule has 11 nitrogen and oxygen atoms in total. The van der Waals surface area contributed by atoms with Crippen LogP contribution in [0.4, 0.5) is 8.78 Å². The molecular weight excluding hydrogens is 736 g/mol. The third kappa shape index (κ3) is 9.98. The number of aliphatic hydroxyl groups excluding tert-OH is 1. The Bertz CT molecular complexity index is 2180. The topological polar surface area (TPSA) is 129 Å². The number of benzene rings is 4. The number of hydrazone groups is 1. The minimum Gasteiger partial charge on any atom is -0.489 e. The Morgan fingerprint density at radius 3 is 2.50 bits per heavy atom. The number of thiazole rings is 1. The zero-order chi connectivity index (χ0) is 36.6. The molecule has 7 rings (SSSR count). The molecule has 2 N–H and O–H groups in total. The molecule has 1 atom stereocenters. The predicted octanol–water partition coefficient (Wildman–Crippen LogP) is 6.32. The van der Waals surface area contributed by atoms with Gasteiger partial charge in [0, 0.05) is 55.2 Å². The number of carbonyl (C=O) groups is 1. The molecule has 1 amide bonds. The summed E-state index contributed by atoms with van der Waals surface area (Å²) >= 11 is 1.62. The Morgan fingerprint density at radius 2 is 1.72 bits per heavy atom. The first kappa shape index (κ1) is 38.3. The smallest absolute Gasteiger partial charge is 0.284 e. The summed E-state index contributed by atoms with van der Waals surface area (Å²) in [4.78, 5) is 25.8. The summed E-state index contributed by atoms with van der Waals surface area (Å²) in [7, 11) is 0. The van der Waals surface area contributed by atoms with Crippen molar-refractivity contribution in [3.05, 3.63) is 142 Å². The van der Waals surface area contributed by atoms with Gasteiger partial charge in [0.1, 0.15) is 12.4 Å². The van der Waals surface area contributed by atoms with E-state index in [1.807, 2.05) is 72.1 Å². The summed E-state index contributed by atoms with van der Waals surface area (Å²) in [5.41, 5.74) is 7.86. The maximum Gasteiger partial charge on any atom is 0.284 e. The number of nitrogens with zero attached hydrogens (tertiary/aromatic N) is 6. The molecule has 6 aromatic rings. The van der Waals surface area contributed by atoms with Crippen molar-refractivity contribution in [1.29, 1.82) is 0 Å². The van der Waals surface area contributed by atoms with Gasteiger partial charge >= 0.3 is 0 Å². The minimum absolute atomic E-state index is 0. The molecule has 1 saturated heterocycles. The molecule has 2 aromatic heterocycles. The molecule has 3 heterocycles. The van der Waals surface area contributed by atoms with Gasteiger partial charge in [0.15, 0.2) is 17.9 Å². The number of hydrogen-bond donors (Lipinski definition) is 2. The molecule has 1 unspecified atom stereocenters. The molecule has 0 spiro atoms. The van der Waals surface area contributed by atoms with Gasteiger partial charge in [-0.3, -0.25) is 14.6 Å². The maximum absolute atomic E-state index is 13.4. The predicted molar refractivity (Wildman–Crippen MR) is 203 cm³/mol. The number of rotatable bonds is 13. The van der Waals surface area contributed by atoms with Crippen molar-refractivity contribution in [2.24, 2.45) is 5.10 Å². The molecule has 54 heavy (non-hydrogen) atoms. The second-order valence-electron chi connectivity index (χ2n) is 12.4. The van der Waals surface area contributed by atoms with E-state index in [0.717, 1.165) is 51.5 Å². The van der Waals surface area contributed by atoms with Crippen LogP contribution in [0.1, 0.15) is 27.6 Å². The number of piperazine rings is 1. The molecule has 15 heteroatoms. The highest BCUT2D eigenvalue weighted by atomic mass is 35.5. The Kier molecular flexibility index (Phi) is 12.9. The molecule has 0 radical (unpaired) electrons. The minimum atomic E-state index is -1.35. The molecule has 0 aliphatic carbocycles. The van der Waals surface area contributed by atoms with Gasteiger partial charge in [0.2, 0.25) is 11.7 Å². The average Bonchev–Trinajstić information content (AvgIpc) is 3.86. The van der Waals surface area contributed by atoms with Gasteiger partial charge in [-0.25, -0.2) is 19.2 Å². The zero-order valence-electron chi connectivity index (χ0n) is 28.8. The van der Waals surface area contributed by atoms with E-state index in [9.17, 15) is 18.7 Å². The molecular formula is C39H36ClF2N7O4S. The monoisotopic (exact) mass is 771 g/mol. The van der Waals surface area contributed by atoms with E-state index >= 15 is 0 Å². The van der Waals surface area contributed by atoms with Crippen LogP contribution in [0.2, 0.25) is 0 Å². The van der Waals surface area contributed by atoms with Crippen LogP contribution in [0.5, 0.6) is 5.75 Å². The lowest BCUT2D eigenvalue weighted by Gasteiger charge is -2.35. The molecule has 0 saturated carbocycles. The van der Waals surface area contributed by atoms with Crippen molar-refractivity contribution in [2.45, 2.75) is 25.8 Å². The first-order valence-corrected chi connectivity index (χ1v) is 17.8. The van der Waals surface area contributed by atoms with Crippen LogP contribution in [-0.4, -0.2) is 74.6 Å². The van der Waals surface area contributed by atoms with Gasteiger partial charge in [0.05, 0.1) is 23.5 Å². The van der Waals surface area contributed by atoms with Gasteiger partial charge < -0.3 is 14.4 Å². The fourth-order valence-electron chi connectivity index (χ4n) is 5.74. The summed E-state index contributed by atoms with van der Waals surface area (Å²) in [6.07, 6.45) is 0.975. The summed E-state index contributed by atoms with van der Waals surface area (Å²) in [6.45, 7) is 2.66. The highest BCUT2D eigenvalue weighted by Crippen LogP contribution is 2.25. The number of aliphatic hydroxyl groups is 1. The second kappa shape index (κ2) is 18.1. The molecule has 1 fully saturated rings. The Balaban J connectivity index is 0.00000497. The second-order valence-corrected chi connectivity index (χ2v) is 13.4. The van der Waals surface area contributed by atoms with Crippen molar-refractivity contribution in [3.63, 3.8) is 0 Å². The number of aromatic nitrogens is 3. The van der Waals surface area contributed by atoms with Crippen LogP contribution in [-0.2, 0) is 24.4 Å². The van der Waals surface area contributed by atoms with Gasteiger partial charge in [-0.1, -0.05) is 78.0 Å². The van der Waals surface area contributed by atoms with E-state index in [2.05, 4.69) is 37.7 Å². The lowest BCUT2D eigenvalue weighted by molar-refractivity contribution is -0.141. The lowest BCUT2D eigenvalue weighted by atomic mass is 10.1. The standard InChI is InChI=1S/C39H35F2N7O4S.ClH/c40-32-14-13-31(21-33(32)41)51-24-27-9-11-29(12-10-27)37-44-35(52-46-37)23-47-15-17-48(18-16-47)39(50)38(49)45-42-22-28-7-4-8-30(19-28)34-25-53-36(43-34)20-26-5-2-1-3-6-26;/h1-14,19,21-22,25,39,50H,15-18,20,23-24H2,(H,45,49);1H. The van der Waals surface area contributed by atoms with Gasteiger partial charge in [-0.05, 0) is 34.9 Å². The Hall–Kier alpha value is -5.38. The molecule has 278 valence electrons. The molecule has 1 aliphatic heterocycles. The van der Waals surface area contributed by atoms with E-state index in [1.165, 1.54) is 11.6 Å². The van der Waals surface area contributed by atoms with Crippen molar-refractivity contribution in [3.8, 4) is 28.4 Å². The highest BCUT2D eigenvalue weighted by Gasteiger charge is 2.28. The third-order valence-electron chi connectivity index (χ3n) is 8.64. The van der Waals surface area contributed by atoms with Crippen LogP contribution in [0.3, 0.4) is 0 Å². The lowest BCUT2D eigenvalue weighted by Crippen LogP contribution is -2.54. The Morgan fingerprint density at radius 1 is 0.926 bits per heavy atom. The van der Waals surface area contributed by atoms with Gasteiger partial charge in [-0.2, -0.15) is 10.1 Å². The van der Waals surface area contributed by atoms with E-state index in [-0.39, 0.29) is 24.8 Å². The van der Waals surface area contributed by atoms with Crippen LogP contribution < -0.4 is 10.2 Å². The van der Waals surface area contributed by atoms with Gasteiger partial charge in [0.25, 0.3) is 5.91 Å². The summed E-state index contributed by atoms with van der Waals surface area (Å²) < 4.78 is 37.6. The number of hydrogen-bond acceptors (Lipinski definition) is 11. The Labute approximate surface area is 320 Å². The summed E-state index contributed by atoms with van der Waals surface area (Å²) in [5, 5.41) is 22.0. The number of halogens is 3. The quantitative estimate of drug-likeness (QED) is 0.103. The fourth-order valence-corrected chi connectivity index (χ4v) is 6.58. The van der Waals surface area contributed by atoms with E-state index in [0.29, 0.717) is 44.4 Å². The average molecular weight is 772 g/mol. The third-order valence-corrected chi connectivity index (χ3v) is 9.49. The molecule has 4 aromatic carbocycles. The SMILES string of the molecule is Cl.O=C(NN=Cc1cccc(-c2csc(Cc3ccccc3)n2)c1)C(O)N1CCN(Cc2nc(-c3ccc(COc4ccc(F)c(F)c4)cc3)no2)CC1. The van der Waals surface area contributed by atoms with E-state index in [1.54, 1.807) is 22.5 Å². The summed E-state index contributed by atoms with van der Waals surface area (Å²) in [5.74, 6) is -1.39. The largest absolute Gasteiger partial charge is 0.489 e. The summed E-state index contributed by atoms with van der Waals surface area (Å²) in [6, 6.07) is 28.7. The van der Waals surface area contributed by atoms with Crippen molar-refractivity contribution < 1.29 is 27.9 Å². The number of carbonyl (C=O) groups excluding carboxylic acids is 1. The maximum atomic E-state index is 13.4. The van der Waals surface area contributed by atoms with Crippen LogP contribution >= 0.6 is 23.7 Å². The van der Waals surface area contributed by atoms with E-state index < -0.39 is 23.8 Å². The van der Waals surface area contributed by atoms with Crippen LogP contribution in [0, 0.1) is 11.6 Å². The van der Waals surface area contributed by atoms with Crippen LogP contribution in [0.25, 0.3) is 22.6 Å². The number of ether oxygens (including phenoxy) is 1. The van der Waals surface area contributed by atoms with Crippen molar-refractivity contribution >= 4 is 35.9 Å². The number of nitrogens with one attached hydrogen (secondary N) is 1. The van der Waals surface area contributed by atoms with Gasteiger partial charge in [-0.15, -0.1) is 23.7 Å². The first-order valence-electron chi connectivity index (χ1n) is 16.9. The van der Waals surface area contributed by atoms with E-state index in [4.69, 9.17) is 14.2 Å². The number of amides is 1. The fraction of sp³-hybridized carbons (Fsp3) is 0.205. The van der Waals surface area contributed by atoms with Crippen LogP contribution in [0.15, 0.2) is 112 Å². The van der Waals surface area contributed by atoms with Crippen molar-refractivity contribution in [1.82, 2.24) is 30.4 Å². The molecule has 0 bridgehead atoms. The van der Waals surface area contributed by atoms with Crippen molar-refractivity contribution in [2.75, 3.05) is 26.2 Å². The normalized spacial score (nSPS) is 14.1.